The van der Waals surface area contributed by atoms with Crippen LogP contribution in [0.15, 0.2) is 90.9 Å². The lowest BCUT2D eigenvalue weighted by molar-refractivity contribution is -0.120. The highest BCUT2D eigenvalue weighted by Crippen LogP contribution is 2.24. The van der Waals surface area contributed by atoms with Crippen LogP contribution in [0.2, 0.25) is 0 Å². The van der Waals surface area contributed by atoms with Gasteiger partial charge in [-0.1, -0.05) is 51.6 Å². The number of hydrogen-bond acceptors (Lipinski definition) is 17. The van der Waals surface area contributed by atoms with Gasteiger partial charge in [-0.2, -0.15) is 35.0 Å². The fourth-order valence-electron chi connectivity index (χ4n) is 5.35. The summed E-state index contributed by atoms with van der Waals surface area (Å²) in [6.45, 7) is 7.96. The zero-order valence-corrected chi connectivity index (χ0v) is 35.5. The molecule has 0 bridgehead atoms. The molecule has 6 aromatic rings. The maximum atomic E-state index is 11.8. The predicted molar refractivity (Wildman–Crippen MR) is 235 cm³/mol. The first-order valence-electron chi connectivity index (χ1n) is 19.0. The molecule has 326 valence electrons. The second-order valence-electron chi connectivity index (χ2n) is 14.2. The van der Waals surface area contributed by atoms with Crippen LogP contribution < -0.4 is 44.6 Å². The molecule has 0 aliphatic heterocycles. The second-order valence-corrected chi connectivity index (χ2v) is 14.9. The van der Waals surface area contributed by atoms with E-state index in [1.807, 2.05) is 64.3 Å². The van der Waals surface area contributed by atoms with E-state index in [0.717, 1.165) is 11.4 Å². The minimum atomic E-state index is -0.692. The van der Waals surface area contributed by atoms with Crippen LogP contribution in [0, 0.1) is 11.8 Å². The monoisotopic (exact) mass is 866 g/mol. The van der Waals surface area contributed by atoms with Gasteiger partial charge in [-0.25, -0.2) is 15.0 Å². The molecule has 0 saturated carbocycles. The van der Waals surface area contributed by atoms with Gasteiger partial charge in [-0.15, -0.1) is 0 Å². The number of nitrogens with one attached hydrogen (secondary N) is 3. The van der Waals surface area contributed by atoms with Gasteiger partial charge in [0.15, 0.2) is 5.16 Å². The number of hydrogen-bond donors (Lipinski definition) is 8. The maximum Gasteiger partial charge on any atom is 0.254 e. The third kappa shape index (κ3) is 14.3. The van der Waals surface area contributed by atoms with E-state index in [1.54, 1.807) is 43.0 Å². The summed E-state index contributed by atoms with van der Waals surface area (Å²) in [6.07, 6.45) is 12.1. The van der Waals surface area contributed by atoms with Gasteiger partial charge in [-0.05, 0) is 67.3 Å². The Kier molecular flexibility index (Phi) is 17.3. The summed E-state index contributed by atoms with van der Waals surface area (Å²) in [6, 6.07) is 13.5. The third-order valence-corrected chi connectivity index (χ3v) is 8.79. The number of rotatable bonds is 17. The Morgan fingerprint density at radius 1 is 0.661 bits per heavy atom. The van der Waals surface area contributed by atoms with Gasteiger partial charge in [0.1, 0.15) is 28.8 Å². The largest absolute Gasteiger partial charge is 0.368 e. The molecule has 4 aromatic heterocycles. The lowest BCUT2D eigenvalue weighted by Gasteiger charge is -2.18. The van der Waals surface area contributed by atoms with Crippen molar-refractivity contribution in [2.75, 3.05) is 22.2 Å². The molecule has 0 saturated heterocycles. The standard InChI is InChI=1S/C19H23N9O2.C14H13N7OS.C6H14N2O/c1-11(2)8-15(17(21)30)26-19-22-10-14(16(20)29)18(27-19)25-12-4-3-5-13(9-12)28-23-6-7-24-28;1-23-14-16-8-11(12(15)22)13(20-14)19-9-3-2-4-10(7-9)21-17-5-6-18-21;1-4(2)3-5(7)6(8)9/h3-7,9-11,15H,8H2,1-2H3,(H2,20,29)(H2,21,30)(H2,22,25,26,27);2-8H,1H3,(H2,15,22)(H,16,19,20);4-5H,3,7H2,1-2H3,(H2,8,9)/t15-;;5-/m1.1/s1. The lowest BCUT2D eigenvalue weighted by atomic mass is 10.0. The van der Waals surface area contributed by atoms with E-state index in [1.165, 1.54) is 33.7 Å². The molecule has 0 spiro atoms. The fourth-order valence-corrected chi connectivity index (χ4v) is 5.69. The quantitative estimate of drug-likeness (QED) is 0.0482. The number of amides is 4. The molecule has 0 radical (unpaired) electrons. The van der Waals surface area contributed by atoms with Crippen molar-refractivity contribution in [1.82, 2.24) is 49.9 Å². The number of carbonyl (C=O) groups excluding carboxylic acids is 4. The first kappa shape index (κ1) is 47.2. The Labute approximate surface area is 361 Å². The lowest BCUT2D eigenvalue weighted by Crippen LogP contribution is -2.37. The van der Waals surface area contributed by atoms with Gasteiger partial charge in [0.25, 0.3) is 11.8 Å². The van der Waals surface area contributed by atoms with Gasteiger partial charge >= 0.3 is 0 Å². The summed E-state index contributed by atoms with van der Waals surface area (Å²) in [5.74, 6) is -0.835. The Balaban J connectivity index is 0.000000233. The number of thioether (sulfide) groups is 1. The van der Waals surface area contributed by atoms with Crippen molar-refractivity contribution in [2.45, 2.75) is 57.8 Å². The van der Waals surface area contributed by atoms with Crippen molar-refractivity contribution in [2.24, 2.45) is 40.5 Å². The van der Waals surface area contributed by atoms with E-state index in [0.29, 0.717) is 41.1 Å². The molecule has 0 unspecified atom stereocenters. The summed E-state index contributed by atoms with van der Waals surface area (Å²) in [4.78, 5) is 65.2. The number of benzene rings is 2. The van der Waals surface area contributed by atoms with E-state index in [9.17, 15) is 19.2 Å². The minimum absolute atomic E-state index is 0.0997. The molecule has 22 nitrogen and oxygen atoms in total. The molecule has 13 N–H and O–H groups in total. The van der Waals surface area contributed by atoms with Crippen LogP contribution >= 0.6 is 11.8 Å². The van der Waals surface area contributed by atoms with E-state index < -0.39 is 35.7 Å². The van der Waals surface area contributed by atoms with Crippen LogP contribution in [0.3, 0.4) is 0 Å². The maximum absolute atomic E-state index is 11.8. The van der Waals surface area contributed by atoms with Crippen LogP contribution in [0.5, 0.6) is 0 Å². The topological polar surface area (TPSA) is 347 Å². The van der Waals surface area contributed by atoms with Gasteiger partial charge in [0, 0.05) is 23.8 Å². The summed E-state index contributed by atoms with van der Waals surface area (Å²) >= 11 is 1.38. The highest BCUT2D eigenvalue weighted by molar-refractivity contribution is 7.98. The molecule has 6 rings (SSSR count). The van der Waals surface area contributed by atoms with Gasteiger partial charge < -0.3 is 44.6 Å². The molecule has 0 fully saturated rings. The molecule has 4 amide bonds. The average molecular weight is 867 g/mol. The first-order chi connectivity index (χ1) is 29.5. The van der Waals surface area contributed by atoms with Crippen molar-refractivity contribution in [1.29, 1.82) is 0 Å². The molecule has 0 aliphatic rings. The summed E-state index contributed by atoms with van der Waals surface area (Å²) < 4.78 is 0. The number of anilines is 5. The zero-order chi connectivity index (χ0) is 45.3. The Morgan fingerprint density at radius 3 is 1.53 bits per heavy atom. The van der Waals surface area contributed by atoms with E-state index in [2.05, 4.69) is 56.3 Å². The average Bonchev–Trinajstić information content (AvgIpc) is 3.97. The predicted octanol–water partition coefficient (Wildman–Crippen LogP) is 2.68. The van der Waals surface area contributed by atoms with E-state index in [4.69, 9.17) is 28.7 Å². The van der Waals surface area contributed by atoms with Crippen molar-refractivity contribution in [3.05, 3.63) is 96.8 Å². The number of nitrogens with two attached hydrogens (primary N) is 5. The van der Waals surface area contributed by atoms with Crippen molar-refractivity contribution in [3.63, 3.8) is 0 Å². The van der Waals surface area contributed by atoms with Crippen molar-refractivity contribution >= 4 is 64.3 Å². The number of carbonyl (C=O) groups is 4. The Morgan fingerprint density at radius 2 is 1.13 bits per heavy atom. The summed E-state index contributed by atoms with van der Waals surface area (Å²) in [7, 11) is 0. The van der Waals surface area contributed by atoms with Crippen LogP contribution in [-0.2, 0) is 9.59 Å². The van der Waals surface area contributed by atoms with Gasteiger partial charge in [0.05, 0.1) is 42.2 Å². The SMILES string of the molecule is CC(C)C[C@@H](N)C(N)=O.CC(C)C[C@@H](Nc1ncc(C(N)=O)c(Nc2cccc(-n3nccn3)c2)n1)C(N)=O.CSc1ncc(C(N)=O)c(Nc2cccc(-n3nccn3)c2)n1. The molecule has 0 aliphatic carbocycles. The first-order valence-corrected chi connectivity index (χ1v) is 20.2. The second kappa shape index (κ2) is 22.7. The molecular weight excluding hydrogens is 817 g/mol. The third-order valence-electron chi connectivity index (χ3n) is 8.23. The number of nitrogens with zero attached hydrogens (tertiary/aromatic N) is 10. The minimum Gasteiger partial charge on any atom is -0.368 e. The summed E-state index contributed by atoms with van der Waals surface area (Å²) in [5.41, 5.74) is 29.8. The van der Waals surface area contributed by atoms with Crippen LogP contribution in [0.4, 0.5) is 29.0 Å². The Hall–Kier alpha value is -7.53. The number of aromatic nitrogens is 10. The Bertz CT molecular complexity index is 2410. The van der Waals surface area contributed by atoms with Gasteiger partial charge in [-0.3, -0.25) is 19.2 Å². The molecular formula is C39H50N18O4S. The highest BCUT2D eigenvalue weighted by Gasteiger charge is 2.20. The normalized spacial score (nSPS) is 11.6. The molecule has 2 aromatic carbocycles. The van der Waals surface area contributed by atoms with Crippen LogP contribution in [0.1, 0.15) is 61.3 Å². The molecule has 4 heterocycles. The van der Waals surface area contributed by atoms with Crippen LogP contribution in [-0.4, -0.2) is 91.9 Å². The molecule has 2 atom stereocenters. The van der Waals surface area contributed by atoms with Crippen molar-refractivity contribution in [3.8, 4) is 11.4 Å². The number of primary amides is 4. The zero-order valence-electron chi connectivity index (χ0n) is 34.7. The molecule has 23 heteroatoms. The summed E-state index contributed by atoms with van der Waals surface area (Å²) in [5, 5.41) is 26.0. The molecule has 62 heavy (non-hydrogen) atoms. The van der Waals surface area contributed by atoms with E-state index in [-0.39, 0.29) is 28.8 Å². The smallest absolute Gasteiger partial charge is 0.254 e. The van der Waals surface area contributed by atoms with Gasteiger partial charge in [0.2, 0.25) is 17.8 Å². The van der Waals surface area contributed by atoms with E-state index >= 15 is 0 Å². The van der Waals surface area contributed by atoms with Crippen LogP contribution in [0.25, 0.3) is 11.4 Å². The fraction of sp³-hybridized carbons (Fsp3) is 0.282. The highest BCUT2D eigenvalue weighted by atomic mass is 32.2. The van der Waals surface area contributed by atoms with Crippen molar-refractivity contribution < 1.29 is 19.2 Å².